The van der Waals surface area contributed by atoms with E-state index in [4.69, 9.17) is 10.2 Å². The van der Waals surface area contributed by atoms with Gasteiger partial charge in [0.25, 0.3) is 5.91 Å². The number of aromatic nitrogens is 1. The van der Waals surface area contributed by atoms with Crippen LogP contribution in [0.5, 0.6) is 0 Å². The highest BCUT2D eigenvalue weighted by atomic mass is 19.1. The number of pyridine rings is 1. The van der Waals surface area contributed by atoms with E-state index in [9.17, 15) is 14.0 Å². The Morgan fingerprint density at radius 3 is 2.62 bits per heavy atom. The average Bonchev–Trinajstić information content (AvgIpc) is 3.21. The number of primary amides is 1. The lowest BCUT2D eigenvalue weighted by Crippen LogP contribution is -2.47. The van der Waals surface area contributed by atoms with E-state index >= 15 is 0 Å². The second-order valence-electron chi connectivity index (χ2n) is 8.13. The third kappa shape index (κ3) is 3.97. The number of aromatic amines is 1. The van der Waals surface area contributed by atoms with Crippen molar-refractivity contribution >= 4 is 33.5 Å². The minimum absolute atomic E-state index is 0.0298. The normalized spacial score (nSPS) is 15.0. The molecule has 3 heterocycles. The summed E-state index contributed by atoms with van der Waals surface area (Å²) in [6.07, 6.45) is 0.876. The van der Waals surface area contributed by atoms with Crippen molar-refractivity contribution in [3.05, 3.63) is 76.0 Å². The van der Waals surface area contributed by atoms with Gasteiger partial charge in [0, 0.05) is 55.8 Å². The number of anilines is 1. The van der Waals surface area contributed by atoms with Gasteiger partial charge in [-0.15, -0.1) is 0 Å². The standard InChI is InChI=1S/C24H23FN4O3/c25-17-12-20(18-14-22(24(26)31)32-21(18)13-17)29-9-7-28(8-10-29)6-5-15-1-2-16-3-4-23(30)27-19(16)11-15/h1-4,11-14H,5-10H2,(H2,26,31)(H,27,30). The molecule has 0 saturated carbocycles. The minimum atomic E-state index is -0.671. The smallest absolute Gasteiger partial charge is 0.284 e. The van der Waals surface area contributed by atoms with Crippen LogP contribution >= 0.6 is 0 Å². The lowest BCUT2D eigenvalue weighted by Gasteiger charge is -2.36. The molecule has 8 heteroatoms. The first-order valence-electron chi connectivity index (χ1n) is 10.6. The van der Waals surface area contributed by atoms with Crippen molar-refractivity contribution in [1.82, 2.24) is 9.88 Å². The molecule has 0 spiro atoms. The second kappa shape index (κ2) is 8.12. The van der Waals surface area contributed by atoms with Crippen molar-refractivity contribution in [1.29, 1.82) is 0 Å². The van der Waals surface area contributed by atoms with E-state index in [2.05, 4.69) is 20.9 Å². The lowest BCUT2D eigenvalue weighted by atomic mass is 10.1. The van der Waals surface area contributed by atoms with Crippen LogP contribution in [-0.4, -0.2) is 48.5 Å². The molecule has 1 aliphatic rings. The number of hydrogen-bond donors (Lipinski definition) is 2. The van der Waals surface area contributed by atoms with Crippen LogP contribution in [0.25, 0.3) is 21.9 Å². The molecular weight excluding hydrogens is 411 g/mol. The zero-order chi connectivity index (χ0) is 22.2. The molecule has 2 aromatic heterocycles. The molecule has 1 amide bonds. The zero-order valence-electron chi connectivity index (χ0n) is 17.4. The molecule has 7 nitrogen and oxygen atoms in total. The monoisotopic (exact) mass is 434 g/mol. The van der Waals surface area contributed by atoms with E-state index in [-0.39, 0.29) is 11.3 Å². The van der Waals surface area contributed by atoms with Gasteiger partial charge in [-0.1, -0.05) is 12.1 Å². The summed E-state index contributed by atoms with van der Waals surface area (Å²) >= 11 is 0. The fraction of sp³-hybridized carbons (Fsp3) is 0.250. The molecule has 4 aromatic rings. The van der Waals surface area contributed by atoms with Crippen LogP contribution in [-0.2, 0) is 6.42 Å². The fourth-order valence-electron chi connectivity index (χ4n) is 4.32. The molecule has 1 aliphatic heterocycles. The van der Waals surface area contributed by atoms with Gasteiger partial charge in [0.15, 0.2) is 5.76 Å². The maximum Gasteiger partial charge on any atom is 0.284 e. The Morgan fingerprint density at radius 1 is 1.06 bits per heavy atom. The number of fused-ring (bicyclic) bond motifs is 2. The molecule has 1 saturated heterocycles. The summed E-state index contributed by atoms with van der Waals surface area (Å²) < 4.78 is 19.6. The summed E-state index contributed by atoms with van der Waals surface area (Å²) in [5.41, 5.74) is 8.28. The number of H-pyrrole nitrogens is 1. The van der Waals surface area contributed by atoms with Crippen LogP contribution in [0.15, 0.2) is 57.7 Å². The van der Waals surface area contributed by atoms with E-state index in [1.807, 2.05) is 18.2 Å². The molecule has 2 aromatic carbocycles. The summed E-state index contributed by atoms with van der Waals surface area (Å²) in [6, 6.07) is 13.9. The molecule has 5 rings (SSSR count). The topological polar surface area (TPSA) is 95.6 Å². The van der Waals surface area contributed by atoms with Gasteiger partial charge >= 0.3 is 0 Å². The number of carbonyl (C=O) groups excluding carboxylic acids is 1. The van der Waals surface area contributed by atoms with E-state index < -0.39 is 11.7 Å². The highest BCUT2D eigenvalue weighted by molar-refractivity contribution is 5.99. The summed E-state index contributed by atoms with van der Waals surface area (Å²) in [7, 11) is 0. The molecule has 0 bridgehead atoms. The van der Waals surface area contributed by atoms with Gasteiger partial charge in [0.1, 0.15) is 11.4 Å². The number of furan rings is 1. The summed E-state index contributed by atoms with van der Waals surface area (Å²) in [4.78, 5) is 30.4. The van der Waals surface area contributed by atoms with Gasteiger partial charge in [-0.25, -0.2) is 4.39 Å². The van der Waals surface area contributed by atoms with Crippen LogP contribution in [0, 0.1) is 5.82 Å². The Morgan fingerprint density at radius 2 is 1.84 bits per heavy atom. The Balaban J connectivity index is 1.25. The molecule has 32 heavy (non-hydrogen) atoms. The van der Waals surface area contributed by atoms with Gasteiger partial charge in [-0.2, -0.15) is 0 Å². The highest BCUT2D eigenvalue weighted by Gasteiger charge is 2.21. The molecule has 3 N–H and O–H groups in total. The molecular formula is C24H23FN4O3. The first-order valence-corrected chi connectivity index (χ1v) is 10.6. The van der Waals surface area contributed by atoms with E-state index in [0.717, 1.165) is 55.7 Å². The third-order valence-corrected chi connectivity index (χ3v) is 6.04. The zero-order valence-corrected chi connectivity index (χ0v) is 17.4. The predicted molar refractivity (Wildman–Crippen MR) is 122 cm³/mol. The maximum absolute atomic E-state index is 14.1. The second-order valence-corrected chi connectivity index (χ2v) is 8.13. The molecule has 0 radical (unpaired) electrons. The van der Waals surface area contributed by atoms with Crippen LogP contribution in [0.2, 0.25) is 0 Å². The number of rotatable bonds is 5. The summed E-state index contributed by atoms with van der Waals surface area (Å²) in [5, 5.41) is 1.71. The number of benzene rings is 2. The van der Waals surface area contributed by atoms with Crippen LogP contribution in [0.1, 0.15) is 16.1 Å². The van der Waals surface area contributed by atoms with E-state index in [0.29, 0.717) is 11.0 Å². The van der Waals surface area contributed by atoms with Gasteiger partial charge < -0.3 is 20.0 Å². The van der Waals surface area contributed by atoms with Gasteiger partial charge in [0.2, 0.25) is 5.56 Å². The number of carbonyl (C=O) groups is 1. The Labute approximate surface area is 183 Å². The number of nitrogens with one attached hydrogen (secondary N) is 1. The Bertz CT molecular complexity index is 1370. The van der Waals surface area contributed by atoms with Gasteiger partial charge in [-0.05, 0) is 41.6 Å². The highest BCUT2D eigenvalue weighted by Crippen LogP contribution is 2.31. The van der Waals surface area contributed by atoms with Gasteiger partial charge in [0.05, 0.1) is 5.69 Å². The molecule has 1 fully saturated rings. The summed E-state index contributed by atoms with van der Waals surface area (Å²) in [5.74, 6) is -1.05. The van der Waals surface area contributed by atoms with Crippen molar-refractivity contribution in [2.24, 2.45) is 5.73 Å². The fourth-order valence-corrected chi connectivity index (χ4v) is 4.32. The number of halogens is 1. The molecule has 0 aliphatic carbocycles. The molecule has 0 unspecified atom stereocenters. The quantitative estimate of drug-likeness (QED) is 0.504. The number of nitrogens with zero attached hydrogens (tertiary/aromatic N) is 2. The average molecular weight is 434 g/mol. The van der Waals surface area contributed by atoms with E-state index in [1.165, 1.54) is 23.8 Å². The Hall–Kier alpha value is -3.65. The lowest BCUT2D eigenvalue weighted by molar-refractivity contribution is 0.0976. The van der Waals surface area contributed by atoms with Crippen molar-refractivity contribution in [2.75, 3.05) is 37.6 Å². The van der Waals surface area contributed by atoms with E-state index in [1.54, 1.807) is 6.07 Å². The minimum Gasteiger partial charge on any atom is -0.451 e. The maximum atomic E-state index is 14.1. The van der Waals surface area contributed by atoms with Gasteiger partial charge in [-0.3, -0.25) is 14.5 Å². The van der Waals surface area contributed by atoms with Crippen LogP contribution < -0.4 is 16.2 Å². The Kier molecular flexibility index (Phi) is 5.14. The molecule has 0 atom stereocenters. The third-order valence-electron chi connectivity index (χ3n) is 6.04. The van der Waals surface area contributed by atoms with Crippen molar-refractivity contribution in [3.63, 3.8) is 0 Å². The van der Waals surface area contributed by atoms with Crippen molar-refractivity contribution in [3.8, 4) is 0 Å². The first-order chi connectivity index (χ1) is 15.5. The van der Waals surface area contributed by atoms with Crippen molar-refractivity contribution in [2.45, 2.75) is 6.42 Å². The van der Waals surface area contributed by atoms with Crippen molar-refractivity contribution < 1.29 is 13.6 Å². The summed E-state index contributed by atoms with van der Waals surface area (Å²) in [6.45, 7) is 4.04. The number of hydrogen-bond acceptors (Lipinski definition) is 5. The first kappa shape index (κ1) is 20.3. The van der Waals surface area contributed by atoms with Crippen LogP contribution in [0.3, 0.4) is 0 Å². The molecule has 164 valence electrons. The van der Waals surface area contributed by atoms with Crippen LogP contribution in [0.4, 0.5) is 10.1 Å². The number of piperazine rings is 1. The number of nitrogens with two attached hydrogens (primary N) is 1. The predicted octanol–water partition coefficient (Wildman–Crippen LogP) is 2.88. The largest absolute Gasteiger partial charge is 0.451 e. The number of amides is 1. The SMILES string of the molecule is NC(=O)c1cc2c(N3CCN(CCc4ccc5ccc(=O)[nH]c5c4)CC3)cc(F)cc2o1.